The van der Waals surface area contributed by atoms with E-state index in [9.17, 15) is 0 Å². The van der Waals surface area contributed by atoms with E-state index in [-0.39, 0.29) is 0 Å². The molecular weight excluding hydrogens is 581 g/mol. The molecule has 3 nitrogen and oxygen atoms in total. The predicted molar refractivity (Wildman–Crippen MR) is 195 cm³/mol. The normalized spacial score (nSPS) is 12.7. The number of aryl methyl sites for hydroxylation is 1. The fraction of sp³-hybridized carbons (Fsp3) is 0.0476. The summed E-state index contributed by atoms with van der Waals surface area (Å²) in [5.74, 6) is 0.947. The summed E-state index contributed by atoms with van der Waals surface area (Å²) in [5, 5.41) is 3.79. The molecule has 0 aliphatic heterocycles. The summed E-state index contributed by atoms with van der Waals surface area (Å²) in [7, 11) is 0. The highest BCUT2D eigenvalue weighted by Gasteiger charge is 2.25. The molecule has 0 saturated heterocycles. The van der Waals surface area contributed by atoms with Crippen LogP contribution in [0, 0.1) is 0 Å². The average Bonchev–Trinajstić information content (AvgIpc) is 3.67. The van der Waals surface area contributed by atoms with Crippen LogP contribution in [-0.2, 0) is 6.42 Å². The smallest absolute Gasteiger partial charge is 0.135 e. The van der Waals surface area contributed by atoms with Crippen molar-refractivity contribution >= 4 is 77.0 Å². The Labute approximate surface area is 271 Å². The van der Waals surface area contributed by atoms with Gasteiger partial charge in [0.2, 0.25) is 0 Å². The molecule has 0 amide bonds. The van der Waals surface area contributed by atoms with Crippen molar-refractivity contribution in [1.82, 2.24) is 0 Å². The molecule has 220 valence electrons. The Morgan fingerprint density at radius 1 is 0.457 bits per heavy atom. The number of anilines is 5. The van der Waals surface area contributed by atoms with E-state index in [1.54, 1.807) is 0 Å². The Kier molecular flexibility index (Phi) is 6.46. The molecule has 0 unspecified atom stereocenters. The van der Waals surface area contributed by atoms with E-state index in [2.05, 4.69) is 168 Å². The number of nitrogens with zero attached hydrogens (tertiary/aromatic N) is 2. The number of fused-ring (bicyclic) bond motifs is 6. The van der Waals surface area contributed by atoms with Gasteiger partial charge in [-0.15, -0.1) is 11.3 Å². The third-order valence-electron chi connectivity index (χ3n) is 8.94. The van der Waals surface area contributed by atoms with Crippen LogP contribution in [0.1, 0.15) is 17.7 Å². The fourth-order valence-corrected chi connectivity index (χ4v) is 7.92. The van der Waals surface area contributed by atoms with Crippen molar-refractivity contribution in [2.45, 2.75) is 12.8 Å². The standard InChI is InChI=1S/C42H30N2OS/c1-4-12-29(13-5-1)43(30-14-6-2-7-15-30)32-21-24-39-37(26-32)35-23-20-34(28-40(35)45-39)44(31-16-8-3-9-17-31)33-22-25-42-38(27-33)36-18-10-11-19-41(36)46-42/h1-19,21-22,24-28H,20,23H2. The van der Waals surface area contributed by atoms with E-state index in [1.165, 1.54) is 36.8 Å². The maximum atomic E-state index is 6.58. The molecule has 0 saturated carbocycles. The molecule has 2 heterocycles. The molecular formula is C42H30N2OS. The second-order valence-electron chi connectivity index (χ2n) is 11.7. The lowest BCUT2D eigenvalue weighted by atomic mass is 9.97. The Bertz CT molecular complexity index is 2330. The van der Waals surface area contributed by atoms with E-state index in [0.717, 1.165) is 52.6 Å². The highest BCUT2D eigenvalue weighted by molar-refractivity contribution is 7.25. The van der Waals surface area contributed by atoms with E-state index in [0.29, 0.717) is 0 Å². The van der Waals surface area contributed by atoms with Gasteiger partial charge in [-0.05, 0) is 91.7 Å². The minimum absolute atomic E-state index is 0.904. The number of allylic oxidation sites excluding steroid dienone is 1. The maximum Gasteiger partial charge on any atom is 0.135 e. The number of thiophene rings is 1. The van der Waals surface area contributed by atoms with E-state index in [4.69, 9.17) is 4.42 Å². The van der Waals surface area contributed by atoms with E-state index < -0.39 is 0 Å². The Hall–Kier alpha value is -5.58. The summed E-state index contributed by atoms with van der Waals surface area (Å²) < 4.78 is 9.22. The van der Waals surface area contributed by atoms with Gasteiger partial charge in [0.05, 0.1) is 0 Å². The number of hydrogen-bond acceptors (Lipinski definition) is 4. The third kappa shape index (κ3) is 4.58. The number of hydrogen-bond donors (Lipinski definition) is 0. The molecule has 2 aromatic heterocycles. The van der Waals surface area contributed by atoms with Crippen molar-refractivity contribution < 1.29 is 4.42 Å². The van der Waals surface area contributed by atoms with E-state index >= 15 is 0 Å². The molecule has 46 heavy (non-hydrogen) atoms. The van der Waals surface area contributed by atoms with Crippen LogP contribution in [0.5, 0.6) is 0 Å². The Morgan fingerprint density at radius 2 is 1.02 bits per heavy atom. The minimum atomic E-state index is 0.904. The molecule has 1 aliphatic rings. The summed E-state index contributed by atoms with van der Waals surface area (Å²) >= 11 is 1.86. The van der Waals surface area contributed by atoms with Crippen LogP contribution in [0.3, 0.4) is 0 Å². The van der Waals surface area contributed by atoms with Gasteiger partial charge < -0.3 is 14.2 Å². The lowest BCUT2D eigenvalue weighted by Gasteiger charge is -2.29. The first kappa shape index (κ1) is 26.8. The van der Waals surface area contributed by atoms with Crippen LogP contribution >= 0.6 is 11.3 Å². The lowest BCUT2D eigenvalue weighted by Crippen LogP contribution is -2.18. The predicted octanol–water partition coefficient (Wildman–Crippen LogP) is 12.4. The lowest BCUT2D eigenvalue weighted by molar-refractivity contribution is 0.593. The number of benzene rings is 6. The van der Waals surface area contributed by atoms with Crippen LogP contribution in [0.2, 0.25) is 0 Å². The topological polar surface area (TPSA) is 19.6 Å². The SMILES string of the molecule is C1=C(N(c2ccccc2)c2ccc3sc4ccccc4c3c2)CCc2c1oc1ccc(N(c3ccccc3)c3ccccc3)cc21. The van der Waals surface area contributed by atoms with Gasteiger partial charge in [-0.3, -0.25) is 0 Å². The van der Waals surface area contributed by atoms with Gasteiger partial charge >= 0.3 is 0 Å². The Balaban J connectivity index is 1.15. The zero-order valence-corrected chi connectivity index (χ0v) is 26.0. The van der Waals surface area contributed by atoms with Crippen molar-refractivity contribution in [3.63, 3.8) is 0 Å². The van der Waals surface area contributed by atoms with Crippen molar-refractivity contribution in [2.24, 2.45) is 0 Å². The molecule has 4 heteroatoms. The zero-order valence-electron chi connectivity index (χ0n) is 25.1. The van der Waals surface area contributed by atoms with Gasteiger partial charge in [-0.1, -0.05) is 72.8 Å². The molecule has 9 rings (SSSR count). The number of rotatable bonds is 6. The van der Waals surface area contributed by atoms with Crippen LogP contribution in [0.4, 0.5) is 28.4 Å². The summed E-state index contributed by atoms with van der Waals surface area (Å²) in [6.45, 7) is 0. The summed E-state index contributed by atoms with van der Waals surface area (Å²) in [6.07, 6.45) is 4.07. The minimum Gasteiger partial charge on any atom is -0.456 e. The second-order valence-corrected chi connectivity index (χ2v) is 12.8. The molecule has 0 radical (unpaired) electrons. The van der Waals surface area contributed by atoms with Crippen molar-refractivity contribution in [3.05, 3.63) is 169 Å². The highest BCUT2D eigenvalue weighted by Crippen LogP contribution is 2.43. The molecule has 8 aromatic rings. The number of para-hydroxylation sites is 3. The molecule has 0 bridgehead atoms. The first-order valence-corrected chi connectivity index (χ1v) is 16.5. The third-order valence-corrected chi connectivity index (χ3v) is 10.1. The molecule has 6 aromatic carbocycles. The molecule has 0 N–H and O–H groups in total. The van der Waals surface area contributed by atoms with Crippen LogP contribution in [0.25, 0.3) is 37.2 Å². The molecule has 0 atom stereocenters. The van der Waals surface area contributed by atoms with Gasteiger partial charge in [0, 0.05) is 71.3 Å². The highest BCUT2D eigenvalue weighted by atomic mass is 32.1. The quantitative estimate of drug-likeness (QED) is 0.187. The van der Waals surface area contributed by atoms with Gasteiger partial charge in [0.15, 0.2) is 0 Å². The number of furan rings is 1. The molecule has 0 spiro atoms. The first-order chi connectivity index (χ1) is 22.8. The molecule has 1 aliphatic carbocycles. The van der Waals surface area contributed by atoms with Crippen LogP contribution in [0.15, 0.2) is 162 Å². The monoisotopic (exact) mass is 610 g/mol. The summed E-state index contributed by atoms with van der Waals surface area (Å²) in [6, 6.07) is 54.0. The first-order valence-electron chi connectivity index (χ1n) is 15.7. The Morgan fingerprint density at radius 3 is 1.74 bits per heavy atom. The van der Waals surface area contributed by atoms with Crippen LogP contribution < -0.4 is 9.80 Å². The van der Waals surface area contributed by atoms with Gasteiger partial charge in [-0.2, -0.15) is 0 Å². The van der Waals surface area contributed by atoms with Crippen molar-refractivity contribution in [2.75, 3.05) is 9.80 Å². The van der Waals surface area contributed by atoms with Crippen molar-refractivity contribution in [3.8, 4) is 0 Å². The zero-order chi connectivity index (χ0) is 30.5. The van der Waals surface area contributed by atoms with Gasteiger partial charge in [0.25, 0.3) is 0 Å². The largest absolute Gasteiger partial charge is 0.456 e. The fourth-order valence-electron chi connectivity index (χ4n) is 6.83. The van der Waals surface area contributed by atoms with Crippen LogP contribution in [-0.4, -0.2) is 0 Å². The van der Waals surface area contributed by atoms with Gasteiger partial charge in [0.1, 0.15) is 11.3 Å². The molecule has 0 fully saturated rings. The summed E-state index contributed by atoms with van der Waals surface area (Å²) in [5.41, 5.74) is 9.10. The average molecular weight is 611 g/mol. The summed E-state index contributed by atoms with van der Waals surface area (Å²) in [4.78, 5) is 4.71. The van der Waals surface area contributed by atoms with Gasteiger partial charge in [-0.25, -0.2) is 0 Å². The van der Waals surface area contributed by atoms with Crippen molar-refractivity contribution in [1.29, 1.82) is 0 Å². The van der Waals surface area contributed by atoms with E-state index in [1.807, 2.05) is 11.3 Å². The second kappa shape index (κ2) is 11.1. The maximum absolute atomic E-state index is 6.58.